The maximum absolute atomic E-state index is 11.9. The van der Waals surface area contributed by atoms with Crippen LogP contribution in [0.2, 0.25) is 0 Å². The van der Waals surface area contributed by atoms with Crippen LogP contribution in [0.25, 0.3) is 0 Å². The highest BCUT2D eigenvalue weighted by molar-refractivity contribution is 9.10. The lowest BCUT2D eigenvalue weighted by Gasteiger charge is -2.14. The van der Waals surface area contributed by atoms with Crippen molar-refractivity contribution >= 4 is 33.7 Å². The molecule has 0 saturated carbocycles. The lowest BCUT2D eigenvalue weighted by Crippen LogP contribution is -2.45. The number of allylic oxidation sites excluding steroid dienone is 1. The highest BCUT2D eigenvalue weighted by Crippen LogP contribution is 2.11. The molecular weight excluding hydrogens is 352 g/mol. The second-order valence-corrected chi connectivity index (χ2v) is 5.43. The topological polar surface area (TPSA) is 95.5 Å². The number of carbonyl (C=O) groups is 3. The van der Waals surface area contributed by atoms with E-state index in [0.29, 0.717) is 12.0 Å². The van der Waals surface area contributed by atoms with Crippen molar-refractivity contribution in [3.8, 4) is 0 Å². The van der Waals surface area contributed by atoms with Crippen LogP contribution < -0.4 is 10.6 Å². The molecule has 0 bridgehead atoms. The first-order chi connectivity index (χ1) is 10.4. The van der Waals surface area contributed by atoms with Gasteiger partial charge in [-0.25, -0.2) is 4.79 Å². The summed E-state index contributed by atoms with van der Waals surface area (Å²) < 4.78 is 0.750. The van der Waals surface area contributed by atoms with Gasteiger partial charge in [-0.15, -0.1) is 6.58 Å². The molecule has 0 aromatic heterocycles. The van der Waals surface area contributed by atoms with Crippen molar-refractivity contribution in [3.05, 3.63) is 47.0 Å². The van der Waals surface area contributed by atoms with Crippen LogP contribution in [0.1, 0.15) is 23.2 Å². The number of amides is 2. The maximum atomic E-state index is 11.9. The van der Waals surface area contributed by atoms with Crippen molar-refractivity contribution in [2.24, 2.45) is 0 Å². The Kier molecular flexibility index (Phi) is 7.31. The van der Waals surface area contributed by atoms with Crippen molar-refractivity contribution in [2.75, 3.05) is 6.54 Å². The van der Waals surface area contributed by atoms with E-state index in [1.807, 2.05) is 0 Å². The molecule has 0 aliphatic carbocycles. The van der Waals surface area contributed by atoms with Crippen LogP contribution in [-0.2, 0) is 9.59 Å². The first-order valence-electron chi connectivity index (χ1n) is 6.61. The summed E-state index contributed by atoms with van der Waals surface area (Å²) in [6, 6.07) is 5.72. The fraction of sp³-hybridized carbons (Fsp3) is 0.267. The zero-order valence-corrected chi connectivity index (χ0v) is 13.4. The Hall–Kier alpha value is -2.15. The third kappa shape index (κ3) is 6.09. The van der Waals surface area contributed by atoms with Gasteiger partial charge in [0.05, 0.1) is 6.54 Å². The molecule has 0 fully saturated rings. The molecule has 2 amide bonds. The number of nitrogens with one attached hydrogen (secondary N) is 2. The molecule has 1 rings (SSSR count). The van der Waals surface area contributed by atoms with Crippen molar-refractivity contribution < 1.29 is 19.5 Å². The van der Waals surface area contributed by atoms with Crippen LogP contribution in [0, 0.1) is 0 Å². The predicted molar refractivity (Wildman–Crippen MR) is 85.5 cm³/mol. The lowest BCUT2D eigenvalue weighted by molar-refractivity contribution is -0.141. The van der Waals surface area contributed by atoms with E-state index >= 15 is 0 Å². The minimum Gasteiger partial charge on any atom is -0.480 e. The second kappa shape index (κ2) is 8.99. The molecule has 6 nitrogen and oxygen atoms in total. The fourth-order valence-corrected chi connectivity index (χ4v) is 2.08. The molecule has 0 aliphatic heterocycles. The zero-order chi connectivity index (χ0) is 16.5. The fourth-order valence-electron chi connectivity index (χ4n) is 1.68. The summed E-state index contributed by atoms with van der Waals surface area (Å²) in [5.74, 6) is -2.08. The number of hydrogen-bond acceptors (Lipinski definition) is 3. The van der Waals surface area contributed by atoms with Crippen LogP contribution in [0.15, 0.2) is 41.4 Å². The summed E-state index contributed by atoms with van der Waals surface area (Å²) >= 11 is 3.25. The van der Waals surface area contributed by atoms with Gasteiger partial charge in [-0.05, 0) is 31.0 Å². The Labute approximate surface area is 136 Å². The third-order valence-corrected chi connectivity index (χ3v) is 3.28. The van der Waals surface area contributed by atoms with Gasteiger partial charge in [0, 0.05) is 10.0 Å². The lowest BCUT2D eigenvalue weighted by atomic mass is 10.1. The van der Waals surface area contributed by atoms with Gasteiger partial charge < -0.3 is 15.7 Å². The number of carboxylic acid groups (broad SMARTS) is 1. The van der Waals surface area contributed by atoms with Crippen LogP contribution in [0.4, 0.5) is 0 Å². The molecule has 0 heterocycles. The van der Waals surface area contributed by atoms with Crippen LogP contribution >= 0.6 is 15.9 Å². The van der Waals surface area contributed by atoms with Gasteiger partial charge in [0.2, 0.25) is 5.91 Å². The zero-order valence-electron chi connectivity index (χ0n) is 11.8. The molecule has 22 heavy (non-hydrogen) atoms. The maximum Gasteiger partial charge on any atom is 0.326 e. The van der Waals surface area contributed by atoms with Crippen LogP contribution in [0.5, 0.6) is 0 Å². The molecule has 1 aromatic carbocycles. The van der Waals surface area contributed by atoms with Gasteiger partial charge in [0.1, 0.15) is 6.04 Å². The smallest absolute Gasteiger partial charge is 0.326 e. The van der Waals surface area contributed by atoms with Crippen molar-refractivity contribution in [3.63, 3.8) is 0 Å². The Balaban J connectivity index is 2.49. The van der Waals surface area contributed by atoms with Crippen molar-refractivity contribution in [1.29, 1.82) is 0 Å². The Morgan fingerprint density at radius 3 is 2.68 bits per heavy atom. The van der Waals surface area contributed by atoms with Gasteiger partial charge in [-0.1, -0.05) is 28.1 Å². The van der Waals surface area contributed by atoms with E-state index in [1.165, 1.54) is 0 Å². The van der Waals surface area contributed by atoms with Gasteiger partial charge in [0.25, 0.3) is 5.91 Å². The summed E-state index contributed by atoms with van der Waals surface area (Å²) in [7, 11) is 0. The number of aliphatic carboxylic acids is 1. The highest BCUT2D eigenvalue weighted by Gasteiger charge is 2.19. The Bertz CT molecular complexity index is 574. The quantitative estimate of drug-likeness (QED) is 0.608. The molecule has 1 aromatic rings. The molecule has 0 radical (unpaired) electrons. The molecule has 118 valence electrons. The first kappa shape index (κ1) is 17.9. The number of benzene rings is 1. The summed E-state index contributed by atoms with van der Waals surface area (Å²) in [5, 5.41) is 13.8. The van der Waals surface area contributed by atoms with Gasteiger partial charge in [-0.3, -0.25) is 9.59 Å². The summed E-state index contributed by atoms with van der Waals surface area (Å²) in [6.07, 6.45) is 2.31. The normalized spacial score (nSPS) is 11.3. The SMILES string of the molecule is C=CCCC(NC(=O)CNC(=O)c1cccc(Br)c1)C(=O)O. The molecular formula is C15H17BrN2O4. The van der Waals surface area contributed by atoms with Crippen molar-refractivity contribution in [2.45, 2.75) is 18.9 Å². The van der Waals surface area contributed by atoms with Crippen molar-refractivity contribution in [1.82, 2.24) is 10.6 Å². The third-order valence-electron chi connectivity index (χ3n) is 2.79. The molecule has 0 saturated heterocycles. The van der Waals surface area contributed by atoms with Gasteiger partial charge in [0.15, 0.2) is 0 Å². The molecule has 1 atom stereocenters. The van der Waals surface area contributed by atoms with E-state index in [2.05, 4.69) is 33.1 Å². The van der Waals surface area contributed by atoms with E-state index < -0.39 is 23.8 Å². The number of hydrogen-bond donors (Lipinski definition) is 3. The van der Waals surface area contributed by atoms with Gasteiger partial charge >= 0.3 is 5.97 Å². The molecule has 1 unspecified atom stereocenters. The number of halogens is 1. The molecule has 3 N–H and O–H groups in total. The average molecular weight is 369 g/mol. The summed E-state index contributed by atoms with van der Waals surface area (Å²) in [5.41, 5.74) is 0.406. The predicted octanol–water partition coefficient (Wildman–Crippen LogP) is 1.71. The van der Waals surface area contributed by atoms with Crippen LogP contribution in [0.3, 0.4) is 0 Å². The Morgan fingerprint density at radius 2 is 2.09 bits per heavy atom. The molecule has 0 aliphatic rings. The number of rotatable bonds is 8. The largest absolute Gasteiger partial charge is 0.480 e. The summed E-state index contributed by atoms with van der Waals surface area (Å²) in [6.45, 7) is 3.22. The number of carbonyl (C=O) groups excluding carboxylic acids is 2. The standard InChI is InChI=1S/C15H17BrN2O4/c1-2-3-7-12(15(21)22)18-13(19)9-17-14(20)10-5-4-6-11(16)8-10/h2,4-6,8,12H,1,3,7,9H2,(H,17,20)(H,18,19)(H,21,22). The molecule has 0 spiro atoms. The number of carboxylic acids is 1. The summed E-state index contributed by atoms with van der Waals surface area (Å²) in [4.78, 5) is 34.5. The highest BCUT2D eigenvalue weighted by atomic mass is 79.9. The van der Waals surface area contributed by atoms with E-state index in [9.17, 15) is 14.4 Å². The molecule has 7 heteroatoms. The first-order valence-corrected chi connectivity index (χ1v) is 7.40. The van der Waals surface area contributed by atoms with Gasteiger partial charge in [-0.2, -0.15) is 0 Å². The van der Waals surface area contributed by atoms with E-state index in [1.54, 1.807) is 30.3 Å². The minimum absolute atomic E-state index is 0.254. The van der Waals surface area contributed by atoms with E-state index in [0.717, 1.165) is 4.47 Å². The average Bonchev–Trinajstić information content (AvgIpc) is 2.48. The Morgan fingerprint density at radius 1 is 1.36 bits per heavy atom. The second-order valence-electron chi connectivity index (χ2n) is 4.52. The van der Waals surface area contributed by atoms with E-state index in [4.69, 9.17) is 5.11 Å². The van der Waals surface area contributed by atoms with Crippen LogP contribution in [-0.4, -0.2) is 35.5 Å². The minimum atomic E-state index is -1.12. The van der Waals surface area contributed by atoms with E-state index in [-0.39, 0.29) is 13.0 Å². The monoisotopic (exact) mass is 368 g/mol.